The standard InChI is InChI=1S/C16H26N2/c1-4-16(5-2)8-9-18(12-16)15-7-6-14(11-17)10-13(15)3/h6-7,10H,4-5,8-9,11-12,17H2,1-3H3. The lowest BCUT2D eigenvalue weighted by molar-refractivity contribution is 0.301. The van der Waals surface area contributed by atoms with Crippen LogP contribution < -0.4 is 10.6 Å². The van der Waals surface area contributed by atoms with E-state index in [2.05, 4.69) is 43.9 Å². The number of hydrogen-bond donors (Lipinski definition) is 1. The van der Waals surface area contributed by atoms with Crippen LogP contribution in [0.3, 0.4) is 0 Å². The maximum absolute atomic E-state index is 5.69. The van der Waals surface area contributed by atoms with Crippen LogP contribution in [-0.2, 0) is 6.54 Å². The summed E-state index contributed by atoms with van der Waals surface area (Å²) in [4.78, 5) is 2.56. The van der Waals surface area contributed by atoms with Crippen LogP contribution in [0, 0.1) is 12.3 Å². The van der Waals surface area contributed by atoms with Crippen LogP contribution in [0.15, 0.2) is 18.2 Å². The smallest absolute Gasteiger partial charge is 0.0396 e. The van der Waals surface area contributed by atoms with Crippen molar-refractivity contribution in [2.24, 2.45) is 11.1 Å². The van der Waals surface area contributed by atoms with E-state index < -0.39 is 0 Å². The van der Waals surface area contributed by atoms with E-state index >= 15 is 0 Å². The Morgan fingerprint density at radius 2 is 2.00 bits per heavy atom. The predicted molar refractivity (Wildman–Crippen MR) is 78.9 cm³/mol. The number of hydrogen-bond acceptors (Lipinski definition) is 2. The Morgan fingerprint density at radius 1 is 1.28 bits per heavy atom. The van der Waals surface area contributed by atoms with Gasteiger partial charge in [0.25, 0.3) is 0 Å². The molecule has 1 heterocycles. The fourth-order valence-corrected chi connectivity index (χ4v) is 3.17. The summed E-state index contributed by atoms with van der Waals surface area (Å²) in [7, 11) is 0. The van der Waals surface area contributed by atoms with Gasteiger partial charge in [0.05, 0.1) is 0 Å². The highest BCUT2D eigenvalue weighted by Crippen LogP contribution is 2.39. The van der Waals surface area contributed by atoms with E-state index in [4.69, 9.17) is 5.73 Å². The van der Waals surface area contributed by atoms with Crippen molar-refractivity contribution in [2.45, 2.75) is 46.6 Å². The topological polar surface area (TPSA) is 29.3 Å². The molecule has 1 aliphatic heterocycles. The van der Waals surface area contributed by atoms with Gasteiger partial charge in [0.1, 0.15) is 0 Å². The monoisotopic (exact) mass is 246 g/mol. The molecule has 2 N–H and O–H groups in total. The molecule has 100 valence electrons. The summed E-state index contributed by atoms with van der Waals surface area (Å²) in [5.74, 6) is 0. The maximum Gasteiger partial charge on any atom is 0.0396 e. The minimum atomic E-state index is 0.541. The second kappa shape index (κ2) is 5.31. The normalized spacial score (nSPS) is 18.3. The molecule has 0 radical (unpaired) electrons. The number of nitrogens with two attached hydrogens (primary N) is 1. The molecule has 0 aliphatic carbocycles. The highest BCUT2D eigenvalue weighted by Gasteiger charge is 2.35. The minimum Gasteiger partial charge on any atom is -0.371 e. The van der Waals surface area contributed by atoms with Crippen molar-refractivity contribution in [2.75, 3.05) is 18.0 Å². The zero-order chi connectivity index (χ0) is 13.2. The summed E-state index contributed by atoms with van der Waals surface area (Å²) in [6.07, 6.45) is 3.91. The number of rotatable bonds is 4. The first-order valence-corrected chi connectivity index (χ1v) is 7.18. The van der Waals surface area contributed by atoms with Gasteiger partial charge in [-0.25, -0.2) is 0 Å². The molecule has 2 heteroatoms. The van der Waals surface area contributed by atoms with E-state index in [1.807, 2.05) is 0 Å². The van der Waals surface area contributed by atoms with Crippen molar-refractivity contribution in [3.8, 4) is 0 Å². The van der Waals surface area contributed by atoms with Crippen molar-refractivity contribution in [3.63, 3.8) is 0 Å². The van der Waals surface area contributed by atoms with Crippen LogP contribution in [-0.4, -0.2) is 13.1 Å². The molecule has 0 amide bonds. The third kappa shape index (κ3) is 2.39. The molecule has 0 bridgehead atoms. The second-order valence-electron chi connectivity index (χ2n) is 5.70. The SMILES string of the molecule is CCC1(CC)CCN(c2ccc(CN)cc2C)C1. The van der Waals surface area contributed by atoms with Gasteiger partial charge < -0.3 is 10.6 Å². The molecule has 1 fully saturated rings. The third-order valence-corrected chi connectivity index (χ3v) is 4.78. The second-order valence-corrected chi connectivity index (χ2v) is 5.70. The first-order chi connectivity index (χ1) is 8.64. The number of anilines is 1. The van der Waals surface area contributed by atoms with Crippen molar-refractivity contribution in [1.29, 1.82) is 0 Å². The van der Waals surface area contributed by atoms with E-state index in [1.165, 1.54) is 49.2 Å². The summed E-state index contributed by atoms with van der Waals surface area (Å²) < 4.78 is 0. The highest BCUT2D eigenvalue weighted by atomic mass is 15.2. The predicted octanol–water partition coefficient (Wildman–Crippen LogP) is 3.47. The molecule has 1 saturated heterocycles. The molecular weight excluding hydrogens is 220 g/mol. The van der Waals surface area contributed by atoms with Crippen molar-refractivity contribution < 1.29 is 0 Å². The van der Waals surface area contributed by atoms with Gasteiger partial charge in [-0.3, -0.25) is 0 Å². The lowest BCUT2D eigenvalue weighted by Crippen LogP contribution is -2.26. The quantitative estimate of drug-likeness (QED) is 0.881. The van der Waals surface area contributed by atoms with Gasteiger partial charge >= 0.3 is 0 Å². The van der Waals surface area contributed by atoms with Gasteiger partial charge in [-0.2, -0.15) is 0 Å². The first kappa shape index (κ1) is 13.4. The molecule has 18 heavy (non-hydrogen) atoms. The number of aryl methyl sites for hydroxylation is 1. The minimum absolute atomic E-state index is 0.541. The zero-order valence-corrected chi connectivity index (χ0v) is 12.0. The summed E-state index contributed by atoms with van der Waals surface area (Å²) in [5.41, 5.74) is 10.2. The van der Waals surface area contributed by atoms with E-state index in [1.54, 1.807) is 0 Å². The summed E-state index contributed by atoms with van der Waals surface area (Å²) in [6, 6.07) is 6.65. The van der Waals surface area contributed by atoms with Gasteiger partial charge in [0, 0.05) is 25.3 Å². The first-order valence-electron chi connectivity index (χ1n) is 7.18. The van der Waals surface area contributed by atoms with Crippen LogP contribution in [0.4, 0.5) is 5.69 Å². The Morgan fingerprint density at radius 3 is 2.50 bits per heavy atom. The van der Waals surface area contributed by atoms with E-state index in [0.717, 1.165) is 0 Å². The average Bonchev–Trinajstić information content (AvgIpc) is 2.83. The Kier molecular flexibility index (Phi) is 3.96. The molecule has 2 nitrogen and oxygen atoms in total. The number of nitrogens with zero attached hydrogens (tertiary/aromatic N) is 1. The van der Waals surface area contributed by atoms with Crippen LogP contribution in [0.25, 0.3) is 0 Å². The zero-order valence-electron chi connectivity index (χ0n) is 12.0. The lowest BCUT2D eigenvalue weighted by atomic mass is 9.82. The van der Waals surface area contributed by atoms with Gasteiger partial charge in [-0.1, -0.05) is 26.0 Å². The van der Waals surface area contributed by atoms with E-state index in [0.29, 0.717) is 12.0 Å². The van der Waals surface area contributed by atoms with Crippen LogP contribution in [0.2, 0.25) is 0 Å². The van der Waals surface area contributed by atoms with Crippen molar-refractivity contribution in [1.82, 2.24) is 0 Å². The Hall–Kier alpha value is -1.02. The summed E-state index contributed by atoms with van der Waals surface area (Å²) >= 11 is 0. The van der Waals surface area contributed by atoms with Gasteiger partial charge in [-0.05, 0) is 48.8 Å². The van der Waals surface area contributed by atoms with E-state index in [-0.39, 0.29) is 0 Å². The molecular formula is C16H26N2. The summed E-state index contributed by atoms with van der Waals surface area (Å²) in [5, 5.41) is 0. The molecule has 2 rings (SSSR count). The Bertz CT molecular complexity index is 408. The van der Waals surface area contributed by atoms with Crippen LogP contribution >= 0.6 is 0 Å². The Labute approximate surface area is 111 Å². The van der Waals surface area contributed by atoms with Crippen LogP contribution in [0.1, 0.15) is 44.2 Å². The van der Waals surface area contributed by atoms with Gasteiger partial charge in [0.2, 0.25) is 0 Å². The van der Waals surface area contributed by atoms with Crippen molar-refractivity contribution >= 4 is 5.69 Å². The molecule has 0 spiro atoms. The molecule has 1 aliphatic rings. The molecule has 1 aromatic carbocycles. The molecule has 0 saturated carbocycles. The highest BCUT2D eigenvalue weighted by molar-refractivity contribution is 5.55. The fourth-order valence-electron chi connectivity index (χ4n) is 3.17. The molecule has 1 aromatic rings. The molecule has 0 atom stereocenters. The Balaban J connectivity index is 2.19. The van der Waals surface area contributed by atoms with Crippen molar-refractivity contribution in [3.05, 3.63) is 29.3 Å². The third-order valence-electron chi connectivity index (χ3n) is 4.78. The van der Waals surface area contributed by atoms with Gasteiger partial charge in [0.15, 0.2) is 0 Å². The fraction of sp³-hybridized carbons (Fsp3) is 0.625. The lowest BCUT2D eigenvalue weighted by Gasteiger charge is -2.28. The van der Waals surface area contributed by atoms with Crippen LogP contribution in [0.5, 0.6) is 0 Å². The summed E-state index contributed by atoms with van der Waals surface area (Å²) in [6.45, 7) is 9.91. The van der Waals surface area contributed by atoms with Gasteiger partial charge in [-0.15, -0.1) is 0 Å². The number of benzene rings is 1. The molecule has 0 unspecified atom stereocenters. The average molecular weight is 246 g/mol. The van der Waals surface area contributed by atoms with E-state index in [9.17, 15) is 0 Å². The molecule has 0 aromatic heterocycles. The largest absolute Gasteiger partial charge is 0.371 e. The maximum atomic E-state index is 5.69.